The molecule has 0 aliphatic carbocycles. The molecule has 0 saturated carbocycles. The van der Waals surface area contributed by atoms with Crippen molar-refractivity contribution in [2.24, 2.45) is 5.73 Å². The third kappa shape index (κ3) is 4.09. The Morgan fingerprint density at radius 3 is 2.73 bits per heavy atom. The Balaban J connectivity index is 1.58. The second-order valence-electron chi connectivity index (χ2n) is 6.63. The van der Waals surface area contributed by atoms with Gasteiger partial charge in [0.25, 0.3) is 5.91 Å². The highest BCUT2D eigenvalue weighted by Crippen LogP contribution is 2.25. The first-order valence-corrected chi connectivity index (χ1v) is 9.06. The number of carbonyl (C=O) groups excluding carboxylic acids is 2. The third-order valence-corrected chi connectivity index (χ3v) is 4.97. The topological polar surface area (TPSA) is 87.9 Å². The molecule has 7 nitrogen and oxygen atoms in total. The largest absolute Gasteiger partial charge is 0.469 e. The van der Waals surface area contributed by atoms with Gasteiger partial charge in [0.05, 0.1) is 0 Å². The van der Waals surface area contributed by atoms with Crippen LogP contribution in [0.2, 0.25) is 0 Å². The van der Waals surface area contributed by atoms with Crippen LogP contribution in [-0.4, -0.2) is 54.0 Å². The van der Waals surface area contributed by atoms with Gasteiger partial charge in [-0.1, -0.05) is 18.2 Å². The number of urea groups is 1. The number of ether oxygens (including phenoxy) is 1. The number of primary amides is 1. The molecule has 1 saturated heterocycles. The summed E-state index contributed by atoms with van der Waals surface area (Å²) in [5.41, 5.74) is 7.24. The van der Waals surface area contributed by atoms with Gasteiger partial charge >= 0.3 is 6.03 Å². The van der Waals surface area contributed by atoms with Crippen molar-refractivity contribution >= 4 is 17.6 Å². The maximum atomic E-state index is 12.6. The van der Waals surface area contributed by atoms with Crippen LogP contribution in [0.15, 0.2) is 36.2 Å². The number of rotatable bonds is 5. The number of fused-ring (bicyclic) bond motifs is 1. The number of piperidine rings is 1. The Bertz CT molecular complexity index is 696. The summed E-state index contributed by atoms with van der Waals surface area (Å²) in [5, 5.41) is 3.03. The van der Waals surface area contributed by atoms with Gasteiger partial charge in [0.2, 0.25) is 0 Å². The van der Waals surface area contributed by atoms with Crippen molar-refractivity contribution in [3.8, 4) is 0 Å². The van der Waals surface area contributed by atoms with E-state index >= 15 is 0 Å². The first-order chi connectivity index (χ1) is 12.6. The van der Waals surface area contributed by atoms with Crippen molar-refractivity contribution in [2.75, 3.05) is 31.6 Å². The highest BCUT2D eigenvalue weighted by Gasteiger charge is 2.30. The van der Waals surface area contributed by atoms with E-state index in [-0.39, 0.29) is 18.7 Å². The number of likely N-dealkylation sites (tertiary alicyclic amines) is 1. The monoisotopic (exact) mass is 358 g/mol. The zero-order chi connectivity index (χ0) is 18.5. The van der Waals surface area contributed by atoms with E-state index in [2.05, 4.69) is 16.3 Å². The van der Waals surface area contributed by atoms with E-state index in [1.54, 1.807) is 0 Å². The summed E-state index contributed by atoms with van der Waals surface area (Å²) in [6, 6.07) is 8.14. The van der Waals surface area contributed by atoms with Gasteiger partial charge in [0, 0.05) is 31.4 Å². The average molecular weight is 358 g/mol. The number of nitrogens with zero attached hydrogens (tertiary/aromatic N) is 2. The van der Waals surface area contributed by atoms with Crippen LogP contribution in [0.1, 0.15) is 25.3 Å². The maximum Gasteiger partial charge on any atom is 0.322 e. The highest BCUT2D eigenvalue weighted by molar-refractivity contribution is 5.91. The number of nitrogens with two attached hydrogens (primary N) is 1. The van der Waals surface area contributed by atoms with Gasteiger partial charge < -0.3 is 25.6 Å². The highest BCUT2D eigenvalue weighted by atomic mass is 16.5. The van der Waals surface area contributed by atoms with Crippen molar-refractivity contribution in [3.05, 3.63) is 41.8 Å². The first kappa shape index (κ1) is 18.1. The van der Waals surface area contributed by atoms with Gasteiger partial charge in [-0.25, -0.2) is 4.79 Å². The zero-order valence-corrected chi connectivity index (χ0v) is 15.1. The summed E-state index contributed by atoms with van der Waals surface area (Å²) in [6.07, 6.45) is 4.43. The number of allylic oxidation sites excluding steroid dienone is 1. The number of para-hydroxylation sites is 1. The quantitative estimate of drug-likeness (QED) is 0.787. The van der Waals surface area contributed by atoms with E-state index in [1.807, 2.05) is 36.1 Å². The van der Waals surface area contributed by atoms with Crippen LogP contribution < -0.4 is 11.1 Å². The SMILES string of the molecule is CC=C(OCC(N)=O)N1CCC(N2CCc3ccccc3NC2=O)CC1. The smallest absolute Gasteiger partial charge is 0.322 e. The van der Waals surface area contributed by atoms with E-state index in [0.717, 1.165) is 44.6 Å². The van der Waals surface area contributed by atoms with Crippen molar-refractivity contribution in [1.29, 1.82) is 0 Å². The molecule has 0 bridgehead atoms. The Hall–Kier alpha value is -2.70. The number of hydrogen-bond donors (Lipinski definition) is 2. The molecule has 7 heteroatoms. The molecule has 0 atom stereocenters. The normalized spacial score (nSPS) is 18.8. The van der Waals surface area contributed by atoms with Gasteiger partial charge in [0.1, 0.15) is 0 Å². The average Bonchev–Trinajstić information content (AvgIpc) is 2.81. The predicted molar refractivity (Wildman–Crippen MR) is 99.4 cm³/mol. The molecule has 3 rings (SSSR count). The zero-order valence-electron chi connectivity index (χ0n) is 15.1. The van der Waals surface area contributed by atoms with E-state index in [9.17, 15) is 9.59 Å². The molecule has 2 heterocycles. The lowest BCUT2D eigenvalue weighted by atomic mass is 10.0. The fourth-order valence-electron chi connectivity index (χ4n) is 3.64. The van der Waals surface area contributed by atoms with Crippen LogP contribution >= 0.6 is 0 Å². The molecular weight excluding hydrogens is 332 g/mol. The van der Waals surface area contributed by atoms with E-state index < -0.39 is 5.91 Å². The summed E-state index contributed by atoms with van der Waals surface area (Å²) < 4.78 is 5.48. The summed E-state index contributed by atoms with van der Waals surface area (Å²) in [5.74, 6) is 0.190. The lowest BCUT2D eigenvalue weighted by Gasteiger charge is -2.39. The van der Waals surface area contributed by atoms with Crippen LogP contribution in [0.5, 0.6) is 0 Å². The number of anilines is 1. The second-order valence-corrected chi connectivity index (χ2v) is 6.63. The Labute approximate surface area is 153 Å². The van der Waals surface area contributed by atoms with Crippen molar-refractivity contribution in [3.63, 3.8) is 0 Å². The van der Waals surface area contributed by atoms with Crippen molar-refractivity contribution in [2.45, 2.75) is 32.2 Å². The van der Waals surface area contributed by atoms with Gasteiger partial charge in [-0.15, -0.1) is 0 Å². The fourth-order valence-corrected chi connectivity index (χ4v) is 3.64. The van der Waals surface area contributed by atoms with Gasteiger partial charge in [-0.3, -0.25) is 4.79 Å². The molecule has 1 aromatic rings. The number of amides is 3. The maximum absolute atomic E-state index is 12.6. The number of carbonyl (C=O) groups is 2. The summed E-state index contributed by atoms with van der Waals surface area (Å²) >= 11 is 0. The Morgan fingerprint density at radius 2 is 2.04 bits per heavy atom. The molecule has 3 N–H and O–H groups in total. The molecule has 0 spiro atoms. The minimum absolute atomic E-state index is 0.0235. The third-order valence-electron chi connectivity index (χ3n) is 4.97. The molecule has 2 aliphatic heterocycles. The number of nitrogens with one attached hydrogen (secondary N) is 1. The Morgan fingerprint density at radius 1 is 1.31 bits per heavy atom. The minimum atomic E-state index is -0.486. The summed E-state index contributed by atoms with van der Waals surface area (Å²) in [7, 11) is 0. The molecule has 3 amide bonds. The second kappa shape index (κ2) is 8.12. The van der Waals surface area contributed by atoms with Crippen LogP contribution in [-0.2, 0) is 16.0 Å². The van der Waals surface area contributed by atoms with Crippen molar-refractivity contribution < 1.29 is 14.3 Å². The van der Waals surface area contributed by atoms with Crippen LogP contribution in [0.3, 0.4) is 0 Å². The predicted octanol–water partition coefficient (Wildman–Crippen LogP) is 1.90. The van der Waals surface area contributed by atoms with Crippen LogP contribution in [0, 0.1) is 0 Å². The van der Waals surface area contributed by atoms with E-state index in [1.165, 1.54) is 5.56 Å². The van der Waals surface area contributed by atoms with Crippen LogP contribution in [0.25, 0.3) is 0 Å². The lowest BCUT2D eigenvalue weighted by molar-refractivity contribution is -0.122. The van der Waals surface area contributed by atoms with Gasteiger partial charge in [-0.05, 0) is 43.9 Å². The summed E-state index contributed by atoms with van der Waals surface area (Å²) in [6.45, 7) is 4.04. The summed E-state index contributed by atoms with van der Waals surface area (Å²) in [4.78, 5) is 27.6. The fraction of sp³-hybridized carbons (Fsp3) is 0.474. The molecule has 0 unspecified atom stereocenters. The molecular formula is C19H26N4O3. The van der Waals surface area contributed by atoms with E-state index in [0.29, 0.717) is 5.88 Å². The first-order valence-electron chi connectivity index (χ1n) is 9.06. The van der Waals surface area contributed by atoms with Gasteiger partial charge in [-0.2, -0.15) is 0 Å². The molecule has 1 aromatic carbocycles. The standard InChI is InChI=1S/C19H26N4O3/c1-2-18(26-13-17(20)24)22-10-8-15(9-11-22)23-12-7-14-5-3-4-6-16(14)21-19(23)25/h2-6,15H,7-13H2,1H3,(H2,20,24)(H,21,25). The number of benzene rings is 1. The number of hydrogen-bond acceptors (Lipinski definition) is 4. The van der Waals surface area contributed by atoms with Crippen molar-refractivity contribution in [1.82, 2.24) is 9.80 Å². The molecule has 140 valence electrons. The molecule has 26 heavy (non-hydrogen) atoms. The Kier molecular flexibility index (Phi) is 5.65. The van der Waals surface area contributed by atoms with Gasteiger partial charge in [0.15, 0.2) is 12.5 Å². The molecule has 0 radical (unpaired) electrons. The molecule has 1 fully saturated rings. The molecule has 2 aliphatic rings. The minimum Gasteiger partial charge on any atom is -0.469 e. The van der Waals surface area contributed by atoms with E-state index in [4.69, 9.17) is 10.5 Å². The lowest BCUT2D eigenvalue weighted by Crippen LogP contribution is -2.48. The molecule has 0 aromatic heterocycles. The van der Waals surface area contributed by atoms with Crippen LogP contribution in [0.4, 0.5) is 10.5 Å².